The third-order valence-electron chi connectivity index (χ3n) is 0.734. The summed E-state index contributed by atoms with van der Waals surface area (Å²) in [4.78, 5) is 12.1. The van der Waals surface area contributed by atoms with Crippen LogP contribution in [0.4, 0.5) is 4.79 Å². The van der Waals surface area contributed by atoms with Gasteiger partial charge in [-0.2, -0.15) is 0 Å². The number of hydrogen-bond donors (Lipinski definition) is 1. The fraction of sp³-hybridized carbons (Fsp3) is 0.800. The Morgan fingerprint density at radius 3 is 2.25 bits per heavy atom. The molecule has 0 fully saturated rings. The van der Waals surface area contributed by atoms with Crippen LogP contribution in [-0.4, -0.2) is 31.6 Å². The van der Waals surface area contributed by atoms with E-state index in [4.69, 9.17) is 0 Å². The molecule has 0 aromatic heterocycles. The van der Waals surface area contributed by atoms with Gasteiger partial charge in [-0.25, -0.2) is 4.79 Å². The highest BCUT2D eigenvalue weighted by Crippen LogP contribution is 1.73. The summed E-state index contributed by atoms with van der Waals surface area (Å²) in [6.45, 7) is 2.58. The predicted octanol–water partition coefficient (Wildman–Crippen LogP) is 0.278. The minimum Gasteiger partial charge on any atom is -0.338 e. The van der Waals surface area contributed by atoms with E-state index >= 15 is 0 Å². The second-order valence-electron chi connectivity index (χ2n) is 1.73. The van der Waals surface area contributed by atoms with Crippen LogP contribution in [0.3, 0.4) is 0 Å². The second kappa shape index (κ2) is 3.29. The first-order chi connectivity index (χ1) is 3.68. The number of nitrogens with zero attached hydrogens (tertiary/aromatic N) is 1. The maximum atomic E-state index is 10.6. The molecule has 0 aromatic carbocycles. The summed E-state index contributed by atoms with van der Waals surface area (Å²) in [6, 6.07) is -0.0347. The summed E-state index contributed by atoms with van der Waals surface area (Å²) >= 11 is 0. The molecule has 0 radical (unpaired) electrons. The summed E-state index contributed by atoms with van der Waals surface area (Å²) in [6.07, 6.45) is 0. The number of hydrogen-bond acceptors (Lipinski definition) is 1. The lowest BCUT2D eigenvalue weighted by atomic mass is 10.7. The van der Waals surface area contributed by atoms with Gasteiger partial charge in [-0.15, -0.1) is 0 Å². The van der Waals surface area contributed by atoms with Gasteiger partial charge in [0.05, 0.1) is 0 Å². The number of carbonyl (C=O) groups is 1. The lowest BCUT2D eigenvalue weighted by Crippen LogP contribution is -2.34. The van der Waals surface area contributed by atoms with Crippen LogP contribution in [0.1, 0.15) is 6.92 Å². The van der Waals surface area contributed by atoms with Crippen molar-refractivity contribution in [2.24, 2.45) is 0 Å². The zero-order valence-corrected chi connectivity index (χ0v) is 5.56. The summed E-state index contributed by atoms with van der Waals surface area (Å²) in [7, 11) is 3.43. The first kappa shape index (κ1) is 7.27. The van der Waals surface area contributed by atoms with Crippen molar-refractivity contribution in [1.82, 2.24) is 10.2 Å². The highest BCUT2D eigenvalue weighted by molar-refractivity contribution is 5.73. The van der Waals surface area contributed by atoms with Crippen molar-refractivity contribution >= 4 is 6.03 Å². The summed E-state index contributed by atoms with van der Waals surface area (Å²) in [5.74, 6) is 0. The molecule has 3 heteroatoms. The first-order valence-corrected chi connectivity index (χ1v) is 2.63. The van der Waals surface area contributed by atoms with E-state index in [0.717, 1.165) is 0 Å². The Labute approximate surface area is 49.7 Å². The van der Waals surface area contributed by atoms with Crippen LogP contribution < -0.4 is 5.32 Å². The fourth-order valence-electron chi connectivity index (χ4n) is 0.309. The molecule has 0 aliphatic rings. The van der Waals surface area contributed by atoms with Crippen molar-refractivity contribution in [3.05, 3.63) is 0 Å². The highest BCUT2D eigenvalue weighted by atomic mass is 16.2. The number of nitrogens with one attached hydrogen (secondary N) is 1. The average Bonchev–Trinajstić information content (AvgIpc) is 1.67. The molecule has 0 aliphatic carbocycles. The maximum Gasteiger partial charge on any atom is 0.316 e. The Balaban J connectivity index is 3.33. The van der Waals surface area contributed by atoms with Crippen LogP contribution in [-0.2, 0) is 0 Å². The molecule has 0 saturated carbocycles. The van der Waals surface area contributed by atoms with Gasteiger partial charge in [0.15, 0.2) is 0 Å². The average molecular weight is 116 g/mol. The molecule has 3 nitrogen and oxygen atoms in total. The van der Waals surface area contributed by atoms with Gasteiger partial charge in [-0.05, 0) is 6.92 Å². The molecule has 0 atom stereocenters. The molecule has 8 heavy (non-hydrogen) atoms. The SMILES string of the molecule is CCNC(=O)N(C)C. The molecule has 0 bridgehead atoms. The van der Waals surface area contributed by atoms with Gasteiger partial charge < -0.3 is 10.2 Å². The summed E-state index contributed by atoms with van der Waals surface area (Å²) < 4.78 is 0. The Morgan fingerprint density at radius 2 is 2.12 bits per heavy atom. The van der Waals surface area contributed by atoms with Crippen LogP contribution in [0.15, 0.2) is 0 Å². The summed E-state index contributed by atoms with van der Waals surface area (Å²) in [5, 5.41) is 2.63. The molecule has 0 unspecified atom stereocenters. The molecule has 0 heterocycles. The van der Waals surface area contributed by atoms with Crippen molar-refractivity contribution in [1.29, 1.82) is 0 Å². The van der Waals surface area contributed by atoms with Crippen LogP contribution in [0.2, 0.25) is 0 Å². The van der Waals surface area contributed by atoms with Gasteiger partial charge in [-0.3, -0.25) is 0 Å². The van der Waals surface area contributed by atoms with E-state index in [-0.39, 0.29) is 6.03 Å². The van der Waals surface area contributed by atoms with Crippen LogP contribution in [0.25, 0.3) is 0 Å². The van der Waals surface area contributed by atoms with E-state index in [1.54, 1.807) is 14.1 Å². The predicted molar refractivity (Wildman–Crippen MR) is 32.8 cm³/mol. The summed E-state index contributed by atoms with van der Waals surface area (Å²) in [5.41, 5.74) is 0. The van der Waals surface area contributed by atoms with Crippen molar-refractivity contribution in [3.63, 3.8) is 0 Å². The van der Waals surface area contributed by atoms with Crippen molar-refractivity contribution in [2.75, 3.05) is 20.6 Å². The fourth-order valence-corrected chi connectivity index (χ4v) is 0.309. The van der Waals surface area contributed by atoms with Gasteiger partial charge in [0.2, 0.25) is 0 Å². The molecule has 0 saturated heterocycles. The lowest BCUT2D eigenvalue weighted by molar-refractivity contribution is 0.218. The Hall–Kier alpha value is -0.730. The van der Waals surface area contributed by atoms with Crippen molar-refractivity contribution < 1.29 is 4.79 Å². The molecule has 0 rings (SSSR count). The number of rotatable bonds is 1. The Morgan fingerprint density at radius 1 is 1.62 bits per heavy atom. The van der Waals surface area contributed by atoms with Crippen molar-refractivity contribution in [3.8, 4) is 0 Å². The molecule has 0 aromatic rings. The maximum absolute atomic E-state index is 10.6. The van der Waals surface area contributed by atoms with Crippen LogP contribution in [0.5, 0.6) is 0 Å². The number of carbonyl (C=O) groups excluding carboxylic acids is 1. The lowest BCUT2D eigenvalue weighted by Gasteiger charge is -2.09. The standard InChI is InChI=1S/C5H12N2O/c1-4-6-5(8)7(2)3/h4H2,1-3H3,(H,6,8). The number of amides is 2. The van der Waals surface area contributed by atoms with Gasteiger partial charge in [0.25, 0.3) is 0 Å². The minimum absolute atomic E-state index is 0.0347. The topological polar surface area (TPSA) is 32.3 Å². The molecular formula is C5H12N2O. The monoisotopic (exact) mass is 116 g/mol. The third kappa shape index (κ3) is 2.44. The number of urea groups is 1. The molecule has 1 N–H and O–H groups in total. The van der Waals surface area contributed by atoms with E-state index in [9.17, 15) is 4.79 Å². The van der Waals surface area contributed by atoms with Crippen molar-refractivity contribution in [2.45, 2.75) is 6.92 Å². The zero-order chi connectivity index (χ0) is 6.57. The normalized spacial score (nSPS) is 8.38. The van der Waals surface area contributed by atoms with Crippen LogP contribution in [0, 0.1) is 0 Å². The van der Waals surface area contributed by atoms with E-state index in [2.05, 4.69) is 5.32 Å². The van der Waals surface area contributed by atoms with E-state index < -0.39 is 0 Å². The zero-order valence-electron chi connectivity index (χ0n) is 5.56. The van der Waals surface area contributed by atoms with Crippen LogP contribution >= 0.6 is 0 Å². The highest BCUT2D eigenvalue weighted by Gasteiger charge is 1.96. The van der Waals surface area contributed by atoms with E-state index in [0.29, 0.717) is 6.54 Å². The minimum atomic E-state index is -0.0347. The Kier molecular flexibility index (Phi) is 2.99. The van der Waals surface area contributed by atoms with E-state index in [1.807, 2.05) is 6.92 Å². The Bertz CT molecular complexity index is 80.5. The quantitative estimate of drug-likeness (QED) is 0.524. The van der Waals surface area contributed by atoms with Gasteiger partial charge in [0.1, 0.15) is 0 Å². The smallest absolute Gasteiger partial charge is 0.316 e. The molecule has 0 spiro atoms. The first-order valence-electron chi connectivity index (χ1n) is 2.63. The molecule has 48 valence electrons. The second-order valence-corrected chi connectivity index (χ2v) is 1.73. The van der Waals surface area contributed by atoms with E-state index in [1.165, 1.54) is 4.90 Å². The van der Waals surface area contributed by atoms with Gasteiger partial charge >= 0.3 is 6.03 Å². The van der Waals surface area contributed by atoms with Gasteiger partial charge in [-0.1, -0.05) is 0 Å². The molecular weight excluding hydrogens is 104 g/mol. The largest absolute Gasteiger partial charge is 0.338 e. The molecule has 2 amide bonds. The third-order valence-corrected chi connectivity index (χ3v) is 0.734. The molecule has 0 aliphatic heterocycles. The van der Waals surface area contributed by atoms with Gasteiger partial charge in [0, 0.05) is 20.6 Å².